The van der Waals surface area contributed by atoms with Crippen LogP contribution in [0.1, 0.15) is 54.8 Å². The minimum Gasteiger partial charge on any atom is -0.334 e. The number of alkyl halides is 3. The molecule has 0 unspecified atom stereocenters. The predicted octanol–water partition coefficient (Wildman–Crippen LogP) is 5.12. The van der Waals surface area contributed by atoms with Gasteiger partial charge < -0.3 is 5.32 Å². The molecular weight excluding hydrogens is 369 g/mol. The molecule has 5 nitrogen and oxygen atoms in total. The van der Waals surface area contributed by atoms with Crippen molar-refractivity contribution in [2.24, 2.45) is 0 Å². The van der Waals surface area contributed by atoms with E-state index in [-0.39, 0.29) is 12.1 Å². The van der Waals surface area contributed by atoms with Crippen LogP contribution in [-0.2, 0) is 13.0 Å². The summed E-state index contributed by atoms with van der Waals surface area (Å²) < 4.78 is 40.0. The third-order valence-electron chi connectivity index (χ3n) is 5.04. The number of hydrogen-bond donors (Lipinski definition) is 2. The standard InChI is InChI=1S/C20H25F3N4O/c1-14-13-27(17-9-3-2-4-10-17)26-18(14)25-19(28)24-12-16-8-6-5-7-15(16)11-20(21,22)23/h5-8,13,17H,2-4,9-12H2,1H3,(H2,24,25,26,28). The molecule has 3 rings (SSSR count). The van der Waals surface area contributed by atoms with E-state index in [9.17, 15) is 18.0 Å². The number of carbonyl (C=O) groups is 1. The quantitative estimate of drug-likeness (QED) is 0.739. The summed E-state index contributed by atoms with van der Waals surface area (Å²) >= 11 is 0. The van der Waals surface area contributed by atoms with Gasteiger partial charge >= 0.3 is 12.2 Å². The van der Waals surface area contributed by atoms with Gasteiger partial charge in [-0.05, 0) is 30.9 Å². The number of rotatable bonds is 5. The Bertz CT molecular complexity index is 810. The highest BCUT2D eigenvalue weighted by molar-refractivity contribution is 5.88. The lowest BCUT2D eigenvalue weighted by atomic mass is 9.96. The number of aromatic nitrogens is 2. The van der Waals surface area contributed by atoms with Gasteiger partial charge in [0.1, 0.15) is 0 Å². The van der Waals surface area contributed by atoms with Crippen molar-refractivity contribution in [2.45, 2.75) is 64.2 Å². The Hall–Kier alpha value is -2.51. The van der Waals surface area contributed by atoms with Gasteiger partial charge in [0.2, 0.25) is 0 Å². The molecular formula is C20H25F3N4O. The van der Waals surface area contributed by atoms with Crippen molar-refractivity contribution >= 4 is 11.8 Å². The fourth-order valence-electron chi connectivity index (χ4n) is 3.58. The molecule has 28 heavy (non-hydrogen) atoms. The molecule has 1 aromatic carbocycles. The minimum atomic E-state index is -4.29. The van der Waals surface area contributed by atoms with Gasteiger partial charge in [-0.1, -0.05) is 43.5 Å². The van der Waals surface area contributed by atoms with E-state index in [1.807, 2.05) is 17.8 Å². The van der Waals surface area contributed by atoms with Crippen LogP contribution >= 0.6 is 0 Å². The normalized spacial score (nSPS) is 15.4. The second kappa shape index (κ2) is 8.67. The average Bonchev–Trinajstić information content (AvgIpc) is 3.01. The van der Waals surface area contributed by atoms with Crippen molar-refractivity contribution in [3.8, 4) is 0 Å². The van der Waals surface area contributed by atoms with E-state index in [1.54, 1.807) is 18.2 Å². The van der Waals surface area contributed by atoms with Crippen molar-refractivity contribution in [1.29, 1.82) is 0 Å². The molecule has 1 fully saturated rings. The van der Waals surface area contributed by atoms with Crippen molar-refractivity contribution in [3.63, 3.8) is 0 Å². The van der Waals surface area contributed by atoms with Crippen LogP contribution in [0.2, 0.25) is 0 Å². The first kappa shape index (κ1) is 20.2. The number of halogens is 3. The molecule has 1 aliphatic carbocycles. The molecule has 8 heteroatoms. The van der Waals surface area contributed by atoms with Gasteiger partial charge in [-0.25, -0.2) is 4.79 Å². The van der Waals surface area contributed by atoms with Crippen LogP contribution in [-0.4, -0.2) is 22.0 Å². The van der Waals surface area contributed by atoms with Crippen molar-refractivity contribution in [1.82, 2.24) is 15.1 Å². The van der Waals surface area contributed by atoms with E-state index in [2.05, 4.69) is 15.7 Å². The van der Waals surface area contributed by atoms with E-state index >= 15 is 0 Å². The number of aryl methyl sites for hydroxylation is 1. The number of carbonyl (C=O) groups excluding carboxylic acids is 1. The monoisotopic (exact) mass is 394 g/mol. The van der Waals surface area contributed by atoms with Gasteiger partial charge in [0.15, 0.2) is 5.82 Å². The molecule has 1 aromatic heterocycles. The molecule has 1 saturated carbocycles. The molecule has 1 aliphatic rings. The zero-order chi connectivity index (χ0) is 20.1. The second-order valence-electron chi connectivity index (χ2n) is 7.30. The van der Waals surface area contributed by atoms with Crippen LogP contribution < -0.4 is 10.6 Å². The van der Waals surface area contributed by atoms with Crippen molar-refractivity contribution < 1.29 is 18.0 Å². The molecule has 1 heterocycles. The lowest BCUT2D eigenvalue weighted by molar-refractivity contribution is -0.127. The summed E-state index contributed by atoms with van der Waals surface area (Å²) in [6.07, 6.45) is 2.42. The van der Waals surface area contributed by atoms with Crippen molar-refractivity contribution in [3.05, 3.63) is 47.2 Å². The highest BCUT2D eigenvalue weighted by Crippen LogP contribution is 2.29. The van der Waals surface area contributed by atoms with E-state index in [4.69, 9.17) is 0 Å². The molecule has 2 amide bonds. The average molecular weight is 394 g/mol. The van der Waals surface area contributed by atoms with E-state index < -0.39 is 18.6 Å². The molecule has 0 bridgehead atoms. The Balaban J connectivity index is 1.59. The maximum atomic E-state index is 12.7. The van der Waals surface area contributed by atoms with Crippen LogP contribution in [0, 0.1) is 6.92 Å². The summed E-state index contributed by atoms with van der Waals surface area (Å²) in [7, 11) is 0. The summed E-state index contributed by atoms with van der Waals surface area (Å²) in [5.41, 5.74) is 1.46. The Morgan fingerprint density at radius 3 is 2.54 bits per heavy atom. The Morgan fingerprint density at radius 1 is 1.18 bits per heavy atom. The molecule has 0 aliphatic heterocycles. The smallest absolute Gasteiger partial charge is 0.334 e. The maximum Gasteiger partial charge on any atom is 0.393 e. The number of hydrogen-bond acceptors (Lipinski definition) is 2. The first-order valence-corrected chi connectivity index (χ1v) is 9.56. The zero-order valence-corrected chi connectivity index (χ0v) is 15.9. The predicted molar refractivity (Wildman–Crippen MR) is 101 cm³/mol. The second-order valence-corrected chi connectivity index (χ2v) is 7.30. The highest BCUT2D eigenvalue weighted by Gasteiger charge is 2.28. The molecule has 0 saturated heterocycles. The maximum absolute atomic E-state index is 12.7. The van der Waals surface area contributed by atoms with Crippen LogP contribution in [0.3, 0.4) is 0 Å². The fourth-order valence-corrected chi connectivity index (χ4v) is 3.58. The van der Waals surface area contributed by atoms with Gasteiger partial charge in [0.25, 0.3) is 0 Å². The SMILES string of the molecule is Cc1cn(C2CCCCC2)nc1NC(=O)NCc1ccccc1CC(F)(F)F. The summed E-state index contributed by atoms with van der Waals surface area (Å²) in [5, 5.41) is 9.82. The van der Waals surface area contributed by atoms with Crippen LogP contribution in [0.5, 0.6) is 0 Å². The first-order valence-electron chi connectivity index (χ1n) is 9.56. The van der Waals surface area contributed by atoms with E-state index in [0.29, 0.717) is 17.4 Å². The number of benzene rings is 1. The lowest BCUT2D eigenvalue weighted by Crippen LogP contribution is -2.29. The molecule has 152 valence electrons. The highest BCUT2D eigenvalue weighted by atomic mass is 19.4. The molecule has 0 spiro atoms. The third kappa shape index (κ3) is 5.50. The number of urea groups is 1. The van der Waals surface area contributed by atoms with Gasteiger partial charge in [0, 0.05) is 18.3 Å². The molecule has 0 radical (unpaired) electrons. The molecule has 0 atom stereocenters. The molecule has 2 N–H and O–H groups in total. The Morgan fingerprint density at radius 2 is 1.86 bits per heavy atom. The number of amides is 2. The van der Waals surface area contributed by atoms with E-state index in [0.717, 1.165) is 18.4 Å². The summed E-state index contributed by atoms with van der Waals surface area (Å²) in [4.78, 5) is 12.2. The zero-order valence-electron chi connectivity index (χ0n) is 15.9. The van der Waals surface area contributed by atoms with Gasteiger partial charge in [0.05, 0.1) is 12.5 Å². The van der Waals surface area contributed by atoms with Gasteiger partial charge in [-0.2, -0.15) is 18.3 Å². The molecule has 2 aromatic rings. The lowest BCUT2D eigenvalue weighted by Gasteiger charge is -2.21. The van der Waals surface area contributed by atoms with Crippen molar-refractivity contribution in [2.75, 3.05) is 5.32 Å². The van der Waals surface area contributed by atoms with Gasteiger partial charge in [-0.15, -0.1) is 0 Å². The first-order chi connectivity index (χ1) is 13.3. The Kier molecular flexibility index (Phi) is 6.26. The van der Waals surface area contributed by atoms with E-state index in [1.165, 1.54) is 25.3 Å². The minimum absolute atomic E-state index is 0.0144. The third-order valence-corrected chi connectivity index (χ3v) is 5.04. The topological polar surface area (TPSA) is 59.0 Å². The number of anilines is 1. The summed E-state index contributed by atoms with van der Waals surface area (Å²) in [6, 6.07) is 6.11. The van der Waals surface area contributed by atoms with Crippen LogP contribution in [0.15, 0.2) is 30.5 Å². The van der Waals surface area contributed by atoms with Gasteiger partial charge in [-0.3, -0.25) is 10.00 Å². The summed E-state index contributed by atoms with van der Waals surface area (Å²) in [5.74, 6) is 0.478. The number of nitrogens with one attached hydrogen (secondary N) is 2. The fraction of sp³-hybridized carbons (Fsp3) is 0.500. The van der Waals surface area contributed by atoms with Crippen LogP contribution in [0.4, 0.5) is 23.8 Å². The number of nitrogens with zero attached hydrogens (tertiary/aromatic N) is 2. The van der Waals surface area contributed by atoms with Crippen LogP contribution in [0.25, 0.3) is 0 Å². The summed E-state index contributed by atoms with van der Waals surface area (Å²) in [6.45, 7) is 1.89. The Labute approximate surface area is 162 Å². The largest absolute Gasteiger partial charge is 0.393 e.